The Morgan fingerprint density at radius 2 is 2.24 bits per heavy atom. The summed E-state index contributed by atoms with van der Waals surface area (Å²) in [5.74, 6) is 1.74. The molecule has 3 heterocycles. The SMILES string of the molecule is CCc1nc(-c2cncnc2[C@@H]2CCN(C(=O)c3cccc(C)c3OC)C2)no1. The van der Waals surface area contributed by atoms with Gasteiger partial charge >= 0.3 is 0 Å². The monoisotopic (exact) mass is 393 g/mol. The van der Waals surface area contributed by atoms with Crippen molar-refractivity contribution in [2.24, 2.45) is 0 Å². The number of hydrogen-bond donors (Lipinski definition) is 0. The number of benzene rings is 1. The van der Waals surface area contributed by atoms with E-state index >= 15 is 0 Å². The number of para-hydroxylation sites is 1. The molecular weight excluding hydrogens is 370 g/mol. The molecule has 0 bridgehead atoms. The normalized spacial score (nSPS) is 16.2. The molecular formula is C21H23N5O3. The molecule has 3 aromatic rings. The first kappa shape index (κ1) is 19.0. The Labute approximate surface area is 168 Å². The van der Waals surface area contributed by atoms with Crippen LogP contribution in [0.15, 0.2) is 35.2 Å². The van der Waals surface area contributed by atoms with Gasteiger partial charge in [0, 0.05) is 31.6 Å². The van der Waals surface area contributed by atoms with Crippen molar-refractivity contribution in [2.45, 2.75) is 32.6 Å². The molecule has 1 aliphatic rings. The predicted octanol–water partition coefficient (Wildman–Crippen LogP) is 3.04. The number of amides is 1. The van der Waals surface area contributed by atoms with Crippen molar-refractivity contribution in [1.29, 1.82) is 0 Å². The number of carbonyl (C=O) groups is 1. The fraction of sp³-hybridized carbons (Fsp3) is 0.381. The van der Waals surface area contributed by atoms with E-state index in [0.717, 1.165) is 23.2 Å². The Morgan fingerprint density at radius 3 is 3.00 bits per heavy atom. The maximum absolute atomic E-state index is 13.1. The lowest BCUT2D eigenvalue weighted by Crippen LogP contribution is -2.29. The van der Waals surface area contributed by atoms with Gasteiger partial charge < -0.3 is 14.2 Å². The molecule has 0 unspecified atom stereocenters. The summed E-state index contributed by atoms with van der Waals surface area (Å²) in [6.07, 6.45) is 4.71. The molecule has 2 aromatic heterocycles. The first-order chi connectivity index (χ1) is 14.1. The van der Waals surface area contributed by atoms with E-state index < -0.39 is 0 Å². The molecule has 0 N–H and O–H groups in total. The number of aromatic nitrogens is 4. The number of aryl methyl sites for hydroxylation is 2. The molecule has 0 aliphatic carbocycles. The van der Waals surface area contributed by atoms with E-state index in [1.165, 1.54) is 6.33 Å². The van der Waals surface area contributed by atoms with Crippen molar-refractivity contribution in [3.05, 3.63) is 53.4 Å². The molecule has 8 heteroatoms. The molecule has 0 radical (unpaired) electrons. The molecule has 150 valence electrons. The van der Waals surface area contributed by atoms with Crippen molar-refractivity contribution < 1.29 is 14.1 Å². The van der Waals surface area contributed by atoms with E-state index in [9.17, 15) is 4.79 Å². The molecule has 0 spiro atoms. The van der Waals surface area contributed by atoms with Gasteiger partial charge in [-0.3, -0.25) is 4.79 Å². The van der Waals surface area contributed by atoms with Gasteiger partial charge in [-0.2, -0.15) is 4.98 Å². The fourth-order valence-corrected chi connectivity index (χ4v) is 3.77. The molecule has 1 saturated heterocycles. The first-order valence-corrected chi connectivity index (χ1v) is 9.68. The number of rotatable bonds is 5. The van der Waals surface area contributed by atoms with Crippen LogP contribution in [0, 0.1) is 6.92 Å². The first-order valence-electron chi connectivity index (χ1n) is 9.68. The quantitative estimate of drug-likeness (QED) is 0.657. The third-order valence-corrected chi connectivity index (χ3v) is 5.26. The Bertz CT molecular complexity index is 1030. The van der Waals surface area contributed by atoms with Gasteiger partial charge in [0.2, 0.25) is 11.7 Å². The molecule has 1 fully saturated rings. The fourth-order valence-electron chi connectivity index (χ4n) is 3.77. The number of carbonyl (C=O) groups excluding carboxylic acids is 1. The minimum atomic E-state index is -0.0310. The van der Waals surface area contributed by atoms with Gasteiger partial charge in [-0.05, 0) is 25.0 Å². The van der Waals surface area contributed by atoms with E-state index in [0.29, 0.717) is 42.5 Å². The molecule has 8 nitrogen and oxygen atoms in total. The molecule has 0 saturated carbocycles. The lowest BCUT2D eigenvalue weighted by molar-refractivity contribution is 0.0787. The number of nitrogens with zero attached hydrogens (tertiary/aromatic N) is 5. The van der Waals surface area contributed by atoms with Crippen molar-refractivity contribution in [3.8, 4) is 17.1 Å². The molecule has 29 heavy (non-hydrogen) atoms. The average molecular weight is 393 g/mol. The second-order valence-electron chi connectivity index (χ2n) is 7.08. The number of hydrogen-bond acceptors (Lipinski definition) is 7. The number of likely N-dealkylation sites (tertiary alicyclic amines) is 1. The third-order valence-electron chi connectivity index (χ3n) is 5.26. The summed E-state index contributed by atoms with van der Waals surface area (Å²) in [4.78, 5) is 28.0. The van der Waals surface area contributed by atoms with Crippen LogP contribution in [0.25, 0.3) is 11.4 Å². The number of ether oxygens (including phenoxy) is 1. The molecule has 1 amide bonds. The average Bonchev–Trinajstić information content (AvgIpc) is 3.43. The second-order valence-corrected chi connectivity index (χ2v) is 7.08. The smallest absolute Gasteiger partial charge is 0.257 e. The van der Waals surface area contributed by atoms with Crippen molar-refractivity contribution in [1.82, 2.24) is 25.0 Å². The van der Waals surface area contributed by atoms with E-state index in [2.05, 4.69) is 20.1 Å². The predicted molar refractivity (Wildman–Crippen MR) is 106 cm³/mol. The summed E-state index contributed by atoms with van der Waals surface area (Å²) < 4.78 is 10.7. The van der Waals surface area contributed by atoms with Crippen LogP contribution in [0.5, 0.6) is 5.75 Å². The van der Waals surface area contributed by atoms with Gasteiger partial charge in [-0.25, -0.2) is 9.97 Å². The lowest BCUT2D eigenvalue weighted by Gasteiger charge is -2.19. The maximum atomic E-state index is 13.1. The van der Waals surface area contributed by atoms with Gasteiger partial charge in [0.05, 0.1) is 23.9 Å². The van der Waals surface area contributed by atoms with Gasteiger partial charge in [-0.15, -0.1) is 0 Å². The van der Waals surface area contributed by atoms with Crippen molar-refractivity contribution in [2.75, 3.05) is 20.2 Å². The van der Waals surface area contributed by atoms with E-state index in [1.54, 1.807) is 13.3 Å². The minimum absolute atomic E-state index is 0.0310. The van der Waals surface area contributed by atoms with Crippen LogP contribution < -0.4 is 4.74 Å². The highest BCUT2D eigenvalue weighted by Gasteiger charge is 2.32. The Morgan fingerprint density at radius 1 is 1.38 bits per heavy atom. The zero-order chi connectivity index (χ0) is 20.4. The van der Waals surface area contributed by atoms with E-state index in [-0.39, 0.29) is 11.8 Å². The van der Waals surface area contributed by atoms with Gasteiger partial charge in [0.15, 0.2) is 0 Å². The van der Waals surface area contributed by atoms with Crippen molar-refractivity contribution >= 4 is 5.91 Å². The van der Waals surface area contributed by atoms with E-state index in [1.807, 2.05) is 36.9 Å². The molecule has 4 rings (SSSR count). The molecule has 1 aliphatic heterocycles. The van der Waals surface area contributed by atoms with Crippen LogP contribution in [-0.2, 0) is 6.42 Å². The van der Waals surface area contributed by atoms with Gasteiger partial charge in [0.1, 0.15) is 12.1 Å². The summed E-state index contributed by atoms with van der Waals surface area (Å²) in [5, 5.41) is 4.06. The highest BCUT2D eigenvalue weighted by Crippen LogP contribution is 2.33. The van der Waals surface area contributed by atoms with Crippen LogP contribution in [0.1, 0.15) is 46.8 Å². The zero-order valence-corrected chi connectivity index (χ0v) is 16.8. The maximum Gasteiger partial charge on any atom is 0.257 e. The van der Waals surface area contributed by atoms with Crippen LogP contribution in [0.3, 0.4) is 0 Å². The highest BCUT2D eigenvalue weighted by atomic mass is 16.5. The largest absolute Gasteiger partial charge is 0.496 e. The molecule has 1 aromatic carbocycles. The summed E-state index contributed by atoms with van der Waals surface area (Å²) in [5.41, 5.74) is 3.12. The van der Waals surface area contributed by atoms with E-state index in [4.69, 9.17) is 9.26 Å². The van der Waals surface area contributed by atoms with Crippen LogP contribution in [0.4, 0.5) is 0 Å². The lowest BCUT2D eigenvalue weighted by atomic mass is 10.00. The zero-order valence-electron chi connectivity index (χ0n) is 16.8. The van der Waals surface area contributed by atoms with Gasteiger partial charge in [0.25, 0.3) is 5.91 Å². The number of methoxy groups -OCH3 is 1. The summed E-state index contributed by atoms with van der Waals surface area (Å²) in [6.45, 7) is 5.11. The van der Waals surface area contributed by atoms with Gasteiger partial charge in [-0.1, -0.05) is 24.2 Å². The highest BCUT2D eigenvalue weighted by molar-refractivity contribution is 5.97. The topological polar surface area (TPSA) is 94.2 Å². The minimum Gasteiger partial charge on any atom is -0.496 e. The summed E-state index contributed by atoms with van der Waals surface area (Å²) in [7, 11) is 1.59. The van der Waals surface area contributed by atoms with Crippen LogP contribution >= 0.6 is 0 Å². The van der Waals surface area contributed by atoms with Crippen LogP contribution in [-0.4, -0.2) is 51.1 Å². The van der Waals surface area contributed by atoms with Crippen molar-refractivity contribution in [3.63, 3.8) is 0 Å². The third kappa shape index (κ3) is 3.57. The second kappa shape index (κ2) is 7.98. The van der Waals surface area contributed by atoms with Crippen LogP contribution in [0.2, 0.25) is 0 Å². The Hall–Kier alpha value is -3.29. The Kier molecular flexibility index (Phi) is 5.24. The standard InChI is InChI=1S/C21H23N5O3/c1-4-17-24-20(25-29-17)16-10-22-12-23-18(16)14-8-9-26(11-14)21(27)15-7-5-6-13(2)19(15)28-3/h5-7,10,12,14H,4,8-9,11H2,1-3H3/t14-/m1/s1. The summed E-state index contributed by atoms with van der Waals surface area (Å²) in [6, 6.07) is 5.62. The summed E-state index contributed by atoms with van der Waals surface area (Å²) >= 11 is 0. The molecule has 1 atom stereocenters. The Balaban J connectivity index is 1.58.